The van der Waals surface area contributed by atoms with Gasteiger partial charge < -0.3 is 5.11 Å². The third-order valence-electron chi connectivity index (χ3n) is 2.24. The van der Waals surface area contributed by atoms with E-state index in [1.807, 2.05) is 0 Å². The summed E-state index contributed by atoms with van der Waals surface area (Å²) in [5.41, 5.74) is 0. The second kappa shape index (κ2) is 4.73. The zero-order valence-electron chi connectivity index (χ0n) is 7.59. The van der Waals surface area contributed by atoms with Crippen molar-refractivity contribution in [3.05, 3.63) is 0 Å². The maximum absolute atomic E-state index is 9.49. The molecule has 0 aromatic heterocycles. The topological polar surface area (TPSA) is 20.2 Å². The minimum Gasteiger partial charge on any atom is -0.393 e. The summed E-state index contributed by atoms with van der Waals surface area (Å²) in [6, 6.07) is 0. The van der Waals surface area contributed by atoms with E-state index in [4.69, 9.17) is 0 Å². The van der Waals surface area contributed by atoms with E-state index in [0.717, 1.165) is 12.8 Å². The molecule has 2 atom stereocenters. The maximum Gasteiger partial charge on any atom is 0.0568 e. The van der Waals surface area contributed by atoms with Crippen molar-refractivity contribution in [1.82, 2.24) is 0 Å². The molecule has 0 aliphatic rings. The van der Waals surface area contributed by atoms with Crippen LogP contribution < -0.4 is 0 Å². The molecule has 1 heteroatoms. The zero-order chi connectivity index (χ0) is 8.15. The summed E-state index contributed by atoms with van der Waals surface area (Å²) in [5, 5.41) is 9.49. The Morgan fingerprint density at radius 2 is 1.70 bits per heavy atom. The van der Waals surface area contributed by atoms with Crippen LogP contribution in [0.25, 0.3) is 0 Å². The van der Waals surface area contributed by atoms with Crippen LogP contribution in [-0.2, 0) is 0 Å². The summed E-state index contributed by atoms with van der Waals surface area (Å²) in [6.07, 6.45) is 1.93. The van der Waals surface area contributed by atoms with Crippen LogP contribution in [0, 0.1) is 11.8 Å². The Morgan fingerprint density at radius 3 is 2.00 bits per heavy atom. The molecule has 0 amide bonds. The molecule has 0 saturated carbocycles. The molecule has 0 aromatic rings. The van der Waals surface area contributed by atoms with E-state index in [2.05, 4.69) is 27.7 Å². The first-order valence-electron chi connectivity index (χ1n) is 4.27. The molecule has 0 bridgehead atoms. The van der Waals surface area contributed by atoms with E-state index in [9.17, 15) is 5.11 Å². The molecule has 0 unspecified atom stereocenters. The first kappa shape index (κ1) is 9.96. The number of aliphatic hydroxyl groups excluding tert-OH is 1. The van der Waals surface area contributed by atoms with Crippen molar-refractivity contribution in [2.24, 2.45) is 11.8 Å². The van der Waals surface area contributed by atoms with Gasteiger partial charge in [0.1, 0.15) is 0 Å². The van der Waals surface area contributed by atoms with Crippen LogP contribution in [0.2, 0.25) is 0 Å². The maximum atomic E-state index is 9.49. The van der Waals surface area contributed by atoms with Gasteiger partial charge in [-0.3, -0.25) is 0 Å². The molecule has 1 nitrogen and oxygen atoms in total. The van der Waals surface area contributed by atoms with Crippen molar-refractivity contribution >= 4 is 0 Å². The number of aliphatic hydroxyl groups is 1. The summed E-state index contributed by atoms with van der Waals surface area (Å²) >= 11 is 0. The van der Waals surface area contributed by atoms with Crippen molar-refractivity contribution in [3.63, 3.8) is 0 Å². The Kier molecular flexibility index (Phi) is 4.71. The van der Waals surface area contributed by atoms with Crippen molar-refractivity contribution < 1.29 is 5.11 Å². The first-order chi connectivity index (χ1) is 4.59. The van der Waals surface area contributed by atoms with Gasteiger partial charge in [0.05, 0.1) is 6.10 Å². The highest BCUT2D eigenvalue weighted by Gasteiger charge is 2.15. The van der Waals surface area contributed by atoms with Crippen LogP contribution in [0.4, 0.5) is 0 Å². The zero-order valence-corrected chi connectivity index (χ0v) is 7.59. The van der Waals surface area contributed by atoms with Crippen molar-refractivity contribution in [3.8, 4) is 0 Å². The molecule has 0 fully saturated rings. The van der Waals surface area contributed by atoms with E-state index in [0.29, 0.717) is 11.8 Å². The smallest absolute Gasteiger partial charge is 0.0568 e. The molecular formula is C9H20O. The predicted octanol–water partition coefficient (Wildman–Crippen LogP) is 2.44. The first-order valence-corrected chi connectivity index (χ1v) is 4.27. The van der Waals surface area contributed by atoms with Gasteiger partial charge in [0.2, 0.25) is 0 Å². The van der Waals surface area contributed by atoms with Crippen molar-refractivity contribution in [2.45, 2.75) is 46.6 Å². The van der Waals surface area contributed by atoms with Crippen LogP contribution in [0.15, 0.2) is 0 Å². The van der Waals surface area contributed by atoms with Gasteiger partial charge in [0.15, 0.2) is 0 Å². The van der Waals surface area contributed by atoms with Crippen LogP contribution >= 0.6 is 0 Å². The summed E-state index contributed by atoms with van der Waals surface area (Å²) < 4.78 is 0. The Hall–Kier alpha value is -0.0400. The summed E-state index contributed by atoms with van der Waals surface area (Å²) in [7, 11) is 0. The monoisotopic (exact) mass is 144 g/mol. The van der Waals surface area contributed by atoms with Crippen LogP contribution in [-0.4, -0.2) is 11.2 Å². The Morgan fingerprint density at radius 1 is 1.20 bits per heavy atom. The third kappa shape index (κ3) is 3.21. The minimum absolute atomic E-state index is 0.0926. The van der Waals surface area contributed by atoms with Crippen LogP contribution in [0.3, 0.4) is 0 Å². The largest absolute Gasteiger partial charge is 0.393 e. The van der Waals surface area contributed by atoms with Gasteiger partial charge in [0.25, 0.3) is 0 Å². The molecule has 0 spiro atoms. The van der Waals surface area contributed by atoms with Gasteiger partial charge in [-0.25, -0.2) is 0 Å². The lowest BCUT2D eigenvalue weighted by molar-refractivity contribution is 0.0832. The molecule has 0 aliphatic carbocycles. The number of rotatable bonds is 4. The van der Waals surface area contributed by atoms with E-state index in [-0.39, 0.29) is 6.10 Å². The fraction of sp³-hybridized carbons (Fsp3) is 1.00. The van der Waals surface area contributed by atoms with Crippen LogP contribution in [0.5, 0.6) is 0 Å². The lowest BCUT2D eigenvalue weighted by atomic mass is 9.90. The SMILES string of the molecule is CCC[C@H](O)[C@H](C)C(C)C. The average molecular weight is 144 g/mol. The van der Waals surface area contributed by atoms with Gasteiger partial charge in [-0.1, -0.05) is 34.1 Å². The van der Waals surface area contributed by atoms with Gasteiger partial charge >= 0.3 is 0 Å². The predicted molar refractivity (Wildman–Crippen MR) is 44.9 cm³/mol. The highest BCUT2D eigenvalue weighted by Crippen LogP contribution is 2.17. The van der Waals surface area contributed by atoms with Crippen molar-refractivity contribution in [2.75, 3.05) is 0 Å². The third-order valence-corrected chi connectivity index (χ3v) is 2.24. The summed E-state index contributed by atoms with van der Waals surface area (Å²) in [4.78, 5) is 0. The lowest BCUT2D eigenvalue weighted by Gasteiger charge is -2.21. The Balaban J connectivity index is 3.58. The molecule has 0 rings (SSSR count). The fourth-order valence-electron chi connectivity index (χ4n) is 1.00. The summed E-state index contributed by atoms with van der Waals surface area (Å²) in [5.74, 6) is 1.04. The fourth-order valence-corrected chi connectivity index (χ4v) is 1.00. The van der Waals surface area contributed by atoms with E-state index in [1.165, 1.54) is 0 Å². The number of hydrogen-bond acceptors (Lipinski definition) is 1. The lowest BCUT2D eigenvalue weighted by Crippen LogP contribution is -2.21. The highest BCUT2D eigenvalue weighted by atomic mass is 16.3. The average Bonchev–Trinajstić information content (AvgIpc) is 1.87. The quantitative estimate of drug-likeness (QED) is 0.642. The molecule has 1 N–H and O–H groups in total. The Labute approximate surface area is 64.5 Å². The van der Waals surface area contributed by atoms with Gasteiger partial charge in [-0.15, -0.1) is 0 Å². The van der Waals surface area contributed by atoms with E-state index < -0.39 is 0 Å². The molecule has 10 heavy (non-hydrogen) atoms. The molecule has 0 aliphatic heterocycles. The minimum atomic E-state index is -0.0926. The van der Waals surface area contributed by atoms with Gasteiger partial charge in [-0.05, 0) is 18.3 Å². The van der Waals surface area contributed by atoms with Gasteiger partial charge in [-0.2, -0.15) is 0 Å². The standard InChI is InChI=1S/C9H20O/c1-5-6-9(10)8(4)7(2)3/h7-10H,5-6H2,1-4H3/t8-,9+/m1/s1. The molecule has 0 saturated heterocycles. The Bertz CT molecular complexity index is 78.8. The normalized spacial score (nSPS) is 17.4. The molecule has 0 aromatic carbocycles. The molecule has 62 valence electrons. The van der Waals surface area contributed by atoms with Gasteiger partial charge in [0, 0.05) is 0 Å². The number of hydrogen-bond donors (Lipinski definition) is 1. The second-order valence-electron chi connectivity index (χ2n) is 3.46. The van der Waals surface area contributed by atoms with E-state index in [1.54, 1.807) is 0 Å². The molecule has 0 heterocycles. The highest BCUT2D eigenvalue weighted by molar-refractivity contribution is 4.66. The van der Waals surface area contributed by atoms with E-state index >= 15 is 0 Å². The second-order valence-corrected chi connectivity index (χ2v) is 3.46. The molecule has 0 radical (unpaired) electrons. The van der Waals surface area contributed by atoms with Crippen molar-refractivity contribution in [1.29, 1.82) is 0 Å². The van der Waals surface area contributed by atoms with Crippen LogP contribution in [0.1, 0.15) is 40.5 Å². The molecular weight excluding hydrogens is 124 g/mol. The summed E-state index contributed by atoms with van der Waals surface area (Å²) in [6.45, 7) is 8.54.